The first-order valence-electron chi connectivity index (χ1n) is 5.20. The minimum absolute atomic E-state index is 0.00579. The Morgan fingerprint density at radius 1 is 1.50 bits per heavy atom. The summed E-state index contributed by atoms with van der Waals surface area (Å²) in [4.78, 5) is 16.0. The molecule has 1 amide bonds. The Balaban J connectivity index is 2.22. The highest BCUT2D eigenvalue weighted by atomic mass is 16.2. The second-order valence-corrected chi connectivity index (χ2v) is 4.68. The smallest absolute Gasteiger partial charge is 0.254 e. The average molecular weight is 195 g/mol. The Labute approximate surface area is 84.0 Å². The first-order chi connectivity index (χ1) is 6.53. The van der Waals surface area contributed by atoms with Crippen molar-refractivity contribution in [3.8, 4) is 0 Å². The van der Waals surface area contributed by atoms with Crippen LogP contribution in [0, 0.1) is 11.8 Å². The fourth-order valence-corrected chi connectivity index (χ4v) is 2.44. The summed E-state index contributed by atoms with van der Waals surface area (Å²) in [6.45, 7) is 4.42. The summed E-state index contributed by atoms with van der Waals surface area (Å²) >= 11 is 0. The van der Waals surface area contributed by atoms with Crippen LogP contribution in [0.5, 0.6) is 0 Å². The van der Waals surface area contributed by atoms with Crippen LogP contribution in [0.1, 0.15) is 33.1 Å². The largest absolute Gasteiger partial charge is 0.370 e. The quantitative estimate of drug-likeness (QED) is 0.595. The monoisotopic (exact) mass is 195 g/mol. The van der Waals surface area contributed by atoms with Crippen molar-refractivity contribution in [1.29, 1.82) is 0 Å². The maximum absolute atomic E-state index is 11.7. The van der Waals surface area contributed by atoms with Gasteiger partial charge in [-0.1, -0.05) is 13.8 Å². The molecule has 4 heteroatoms. The summed E-state index contributed by atoms with van der Waals surface area (Å²) < 4.78 is 0. The molecule has 1 heterocycles. The van der Waals surface area contributed by atoms with E-state index in [2.05, 4.69) is 24.2 Å². The summed E-state index contributed by atoms with van der Waals surface area (Å²) in [5, 5.41) is 2.60. The number of hydrogen-bond donors (Lipinski definition) is 2. The fourth-order valence-electron chi connectivity index (χ4n) is 2.44. The molecule has 0 bridgehead atoms. The van der Waals surface area contributed by atoms with Crippen LogP contribution in [0.25, 0.3) is 0 Å². The minimum atomic E-state index is -0.532. The van der Waals surface area contributed by atoms with Gasteiger partial charge >= 0.3 is 0 Å². The van der Waals surface area contributed by atoms with E-state index in [4.69, 9.17) is 5.73 Å². The third kappa shape index (κ3) is 1.29. The van der Waals surface area contributed by atoms with Gasteiger partial charge in [0, 0.05) is 0 Å². The number of hydrogen-bond acceptors (Lipinski definition) is 3. The van der Waals surface area contributed by atoms with Crippen LogP contribution in [0.2, 0.25) is 0 Å². The van der Waals surface area contributed by atoms with Crippen LogP contribution < -0.4 is 11.1 Å². The van der Waals surface area contributed by atoms with Crippen molar-refractivity contribution in [2.45, 2.75) is 38.6 Å². The molecule has 0 radical (unpaired) electrons. The molecule has 0 aromatic heterocycles. The van der Waals surface area contributed by atoms with E-state index in [1.807, 2.05) is 0 Å². The Hall–Kier alpha value is -1.06. The molecule has 1 spiro atoms. The molecule has 2 rings (SSSR count). The summed E-state index contributed by atoms with van der Waals surface area (Å²) in [7, 11) is 0. The van der Waals surface area contributed by atoms with E-state index in [1.165, 1.54) is 0 Å². The summed E-state index contributed by atoms with van der Waals surface area (Å²) in [5.74, 6) is 1.51. The maximum atomic E-state index is 11.7. The number of nitrogens with zero attached hydrogens (tertiary/aromatic N) is 1. The molecule has 1 aliphatic heterocycles. The Kier molecular flexibility index (Phi) is 2.01. The molecule has 4 nitrogen and oxygen atoms in total. The molecule has 14 heavy (non-hydrogen) atoms. The summed E-state index contributed by atoms with van der Waals surface area (Å²) in [5.41, 5.74) is 5.00. The highest BCUT2D eigenvalue weighted by Crippen LogP contribution is 2.40. The van der Waals surface area contributed by atoms with E-state index < -0.39 is 5.54 Å². The van der Waals surface area contributed by atoms with Crippen LogP contribution in [-0.2, 0) is 4.79 Å². The normalized spacial score (nSPS) is 42.4. The second-order valence-electron chi connectivity index (χ2n) is 4.68. The molecule has 3 N–H and O–H groups in total. The third-order valence-corrected chi connectivity index (χ3v) is 3.64. The standard InChI is InChI=1S/C10H17N3O/c1-6-3-4-10(5-7(6)2)8(14)12-9(11)13-10/h6-7H,3-5H2,1-2H3,(H3,11,12,13,14). The molecule has 78 valence electrons. The lowest BCUT2D eigenvalue weighted by molar-refractivity contribution is -0.125. The van der Waals surface area contributed by atoms with E-state index in [-0.39, 0.29) is 11.9 Å². The fraction of sp³-hybridized carbons (Fsp3) is 0.800. The lowest BCUT2D eigenvalue weighted by Crippen LogP contribution is -2.45. The van der Waals surface area contributed by atoms with Crippen LogP contribution in [0.15, 0.2) is 4.99 Å². The van der Waals surface area contributed by atoms with Crippen molar-refractivity contribution < 1.29 is 4.79 Å². The molecule has 0 aromatic carbocycles. The SMILES string of the molecule is CC1CCC2(CC1C)N=C(N)NC2=O. The van der Waals surface area contributed by atoms with Crippen LogP contribution >= 0.6 is 0 Å². The van der Waals surface area contributed by atoms with E-state index in [0.29, 0.717) is 11.8 Å². The number of nitrogens with one attached hydrogen (secondary N) is 1. The molecular weight excluding hydrogens is 178 g/mol. The van der Waals surface area contributed by atoms with Crippen molar-refractivity contribution in [3.05, 3.63) is 0 Å². The lowest BCUT2D eigenvalue weighted by atomic mass is 9.71. The van der Waals surface area contributed by atoms with Crippen molar-refractivity contribution in [2.75, 3.05) is 0 Å². The van der Waals surface area contributed by atoms with Gasteiger partial charge in [-0.15, -0.1) is 0 Å². The number of guanidine groups is 1. The Bertz CT molecular complexity index is 300. The van der Waals surface area contributed by atoms with Crippen molar-refractivity contribution in [1.82, 2.24) is 5.32 Å². The molecule has 1 fully saturated rings. The van der Waals surface area contributed by atoms with Crippen molar-refractivity contribution in [2.24, 2.45) is 22.6 Å². The van der Waals surface area contributed by atoms with Gasteiger partial charge in [0.05, 0.1) is 0 Å². The van der Waals surface area contributed by atoms with E-state index >= 15 is 0 Å². The van der Waals surface area contributed by atoms with E-state index in [9.17, 15) is 4.79 Å². The number of nitrogens with two attached hydrogens (primary N) is 1. The summed E-state index contributed by atoms with van der Waals surface area (Å²) in [6, 6.07) is 0. The number of carbonyl (C=O) groups is 1. The lowest BCUT2D eigenvalue weighted by Gasteiger charge is -2.35. The third-order valence-electron chi connectivity index (χ3n) is 3.64. The molecule has 0 saturated heterocycles. The zero-order chi connectivity index (χ0) is 10.3. The first kappa shape index (κ1) is 9.49. The number of carbonyl (C=O) groups excluding carboxylic acids is 1. The molecule has 3 unspecified atom stereocenters. The Morgan fingerprint density at radius 2 is 2.21 bits per heavy atom. The van der Waals surface area contributed by atoms with Gasteiger partial charge in [0.2, 0.25) is 0 Å². The maximum Gasteiger partial charge on any atom is 0.254 e. The zero-order valence-corrected chi connectivity index (χ0v) is 8.71. The van der Waals surface area contributed by atoms with Gasteiger partial charge in [-0.25, -0.2) is 4.99 Å². The second kappa shape index (κ2) is 2.97. The van der Waals surface area contributed by atoms with Crippen LogP contribution in [0.4, 0.5) is 0 Å². The van der Waals surface area contributed by atoms with Gasteiger partial charge in [0.25, 0.3) is 5.91 Å². The molecule has 3 atom stereocenters. The topological polar surface area (TPSA) is 67.5 Å². The van der Waals surface area contributed by atoms with Gasteiger partial charge in [-0.3, -0.25) is 10.1 Å². The highest BCUT2D eigenvalue weighted by molar-refractivity contribution is 6.06. The number of aliphatic imine (C=N–C) groups is 1. The Morgan fingerprint density at radius 3 is 2.71 bits per heavy atom. The highest BCUT2D eigenvalue weighted by Gasteiger charge is 2.47. The predicted octanol–water partition coefficient (Wildman–Crippen LogP) is 0.626. The summed E-state index contributed by atoms with van der Waals surface area (Å²) in [6.07, 6.45) is 2.73. The molecule has 2 aliphatic rings. The van der Waals surface area contributed by atoms with Crippen molar-refractivity contribution in [3.63, 3.8) is 0 Å². The van der Waals surface area contributed by atoms with Gasteiger partial charge < -0.3 is 5.73 Å². The van der Waals surface area contributed by atoms with Crippen LogP contribution in [-0.4, -0.2) is 17.4 Å². The van der Waals surface area contributed by atoms with Crippen LogP contribution in [0.3, 0.4) is 0 Å². The van der Waals surface area contributed by atoms with E-state index in [1.54, 1.807) is 0 Å². The predicted molar refractivity (Wildman–Crippen MR) is 54.7 cm³/mol. The minimum Gasteiger partial charge on any atom is -0.370 e. The molecule has 1 saturated carbocycles. The molecule has 1 aliphatic carbocycles. The average Bonchev–Trinajstić information content (AvgIpc) is 2.36. The molecular formula is C10H17N3O. The number of amides is 1. The zero-order valence-electron chi connectivity index (χ0n) is 8.71. The first-order valence-corrected chi connectivity index (χ1v) is 5.20. The van der Waals surface area contributed by atoms with Gasteiger partial charge in [-0.05, 0) is 31.1 Å². The number of rotatable bonds is 0. The van der Waals surface area contributed by atoms with Gasteiger partial charge in [0.1, 0.15) is 5.54 Å². The van der Waals surface area contributed by atoms with Gasteiger partial charge in [-0.2, -0.15) is 0 Å². The van der Waals surface area contributed by atoms with Crippen molar-refractivity contribution >= 4 is 11.9 Å². The van der Waals surface area contributed by atoms with E-state index in [0.717, 1.165) is 19.3 Å². The van der Waals surface area contributed by atoms with Gasteiger partial charge in [0.15, 0.2) is 5.96 Å². The molecule has 0 aromatic rings.